The molecule has 0 saturated heterocycles. The maximum absolute atomic E-state index is 12.5. The van der Waals surface area contributed by atoms with Crippen molar-refractivity contribution >= 4 is 22.5 Å². The Hall–Kier alpha value is -2.69. The molecule has 0 aliphatic rings. The summed E-state index contributed by atoms with van der Waals surface area (Å²) in [6.07, 6.45) is 1.72. The first kappa shape index (κ1) is 13.3. The third-order valence-electron chi connectivity index (χ3n) is 3.62. The Balaban J connectivity index is 2.01. The highest BCUT2D eigenvalue weighted by molar-refractivity contribution is 6.09. The van der Waals surface area contributed by atoms with Gasteiger partial charge in [-0.3, -0.25) is 14.5 Å². The summed E-state index contributed by atoms with van der Waals surface area (Å²) < 4.78 is 1.71. The standard InChI is InChI=1S/C16H16N4O/c1-10-14(11(2)20(3)19-10)16(21)18-13-8-4-6-12-7-5-9-17-15(12)13/h4-9H,1-3H3,(H,18,21). The average Bonchev–Trinajstić information content (AvgIpc) is 2.72. The third kappa shape index (κ3) is 2.27. The second-order valence-corrected chi connectivity index (χ2v) is 5.00. The largest absolute Gasteiger partial charge is 0.320 e. The van der Waals surface area contributed by atoms with Gasteiger partial charge in [0.15, 0.2) is 0 Å². The van der Waals surface area contributed by atoms with Crippen LogP contribution < -0.4 is 5.32 Å². The number of carbonyl (C=O) groups is 1. The molecule has 1 amide bonds. The van der Waals surface area contributed by atoms with Gasteiger partial charge in [0.2, 0.25) is 0 Å². The maximum Gasteiger partial charge on any atom is 0.259 e. The van der Waals surface area contributed by atoms with E-state index in [2.05, 4.69) is 15.4 Å². The molecule has 2 heterocycles. The number of nitrogens with zero attached hydrogens (tertiary/aromatic N) is 3. The van der Waals surface area contributed by atoms with Crippen LogP contribution in [0.4, 0.5) is 5.69 Å². The van der Waals surface area contributed by atoms with Crippen LogP contribution in [0.25, 0.3) is 10.9 Å². The Morgan fingerprint density at radius 2 is 1.95 bits per heavy atom. The molecule has 0 aliphatic heterocycles. The van der Waals surface area contributed by atoms with Gasteiger partial charge in [0.1, 0.15) is 0 Å². The van der Waals surface area contributed by atoms with Gasteiger partial charge < -0.3 is 5.32 Å². The van der Waals surface area contributed by atoms with E-state index in [9.17, 15) is 4.79 Å². The number of amides is 1. The number of aryl methyl sites for hydroxylation is 2. The lowest BCUT2D eigenvalue weighted by Gasteiger charge is -2.08. The molecule has 0 spiro atoms. The highest BCUT2D eigenvalue weighted by Crippen LogP contribution is 2.22. The highest BCUT2D eigenvalue weighted by Gasteiger charge is 2.18. The number of rotatable bonds is 2. The van der Waals surface area contributed by atoms with Gasteiger partial charge in [-0.25, -0.2) is 0 Å². The second-order valence-electron chi connectivity index (χ2n) is 5.00. The van der Waals surface area contributed by atoms with E-state index in [1.807, 2.05) is 51.2 Å². The van der Waals surface area contributed by atoms with Crippen molar-refractivity contribution < 1.29 is 4.79 Å². The molecule has 0 saturated carbocycles. The molecule has 0 bridgehead atoms. The lowest BCUT2D eigenvalue weighted by Crippen LogP contribution is -2.14. The Morgan fingerprint density at radius 3 is 2.67 bits per heavy atom. The summed E-state index contributed by atoms with van der Waals surface area (Å²) in [6, 6.07) is 9.58. The first-order chi connectivity index (χ1) is 10.1. The smallest absolute Gasteiger partial charge is 0.259 e. The van der Waals surface area contributed by atoms with Crippen molar-refractivity contribution in [1.82, 2.24) is 14.8 Å². The molecule has 0 radical (unpaired) electrons. The molecule has 0 aliphatic carbocycles. The second kappa shape index (κ2) is 5.01. The number of aromatic nitrogens is 3. The van der Waals surface area contributed by atoms with Crippen molar-refractivity contribution in [2.45, 2.75) is 13.8 Å². The molecular formula is C16H16N4O. The monoisotopic (exact) mass is 280 g/mol. The number of fused-ring (bicyclic) bond motifs is 1. The van der Waals surface area contributed by atoms with Crippen molar-refractivity contribution in [3.05, 3.63) is 53.5 Å². The SMILES string of the molecule is Cc1nn(C)c(C)c1C(=O)Nc1cccc2cccnc12. The molecule has 1 aromatic carbocycles. The number of anilines is 1. The zero-order valence-corrected chi connectivity index (χ0v) is 12.2. The van der Waals surface area contributed by atoms with Crippen LogP contribution in [0.15, 0.2) is 36.5 Å². The normalized spacial score (nSPS) is 10.8. The van der Waals surface area contributed by atoms with E-state index < -0.39 is 0 Å². The predicted molar refractivity (Wildman–Crippen MR) is 82.4 cm³/mol. The molecule has 3 rings (SSSR count). The number of nitrogens with one attached hydrogen (secondary N) is 1. The van der Waals surface area contributed by atoms with E-state index in [4.69, 9.17) is 0 Å². The van der Waals surface area contributed by atoms with E-state index in [1.165, 1.54) is 0 Å². The summed E-state index contributed by atoms with van der Waals surface area (Å²) in [6.45, 7) is 3.72. The van der Waals surface area contributed by atoms with Gasteiger partial charge in [0, 0.05) is 24.3 Å². The van der Waals surface area contributed by atoms with Crippen LogP contribution in [0.2, 0.25) is 0 Å². The zero-order chi connectivity index (χ0) is 15.0. The number of hydrogen-bond donors (Lipinski definition) is 1. The number of benzene rings is 1. The van der Waals surface area contributed by atoms with Gasteiger partial charge in [0.05, 0.1) is 22.5 Å². The fraction of sp³-hybridized carbons (Fsp3) is 0.188. The summed E-state index contributed by atoms with van der Waals surface area (Å²) in [5.74, 6) is -0.156. The van der Waals surface area contributed by atoms with Crippen LogP contribution in [0, 0.1) is 13.8 Å². The van der Waals surface area contributed by atoms with Gasteiger partial charge in [-0.1, -0.05) is 18.2 Å². The number of pyridine rings is 1. The van der Waals surface area contributed by atoms with Gasteiger partial charge in [0.25, 0.3) is 5.91 Å². The highest BCUT2D eigenvalue weighted by atomic mass is 16.1. The van der Waals surface area contributed by atoms with E-state index in [-0.39, 0.29) is 5.91 Å². The zero-order valence-electron chi connectivity index (χ0n) is 12.2. The lowest BCUT2D eigenvalue weighted by molar-refractivity contribution is 0.102. The Labute approximate surface area is 122 Å². The first-order valence-electron chi connectivity index (χ1n) is 6.73. The van der Waals surface area contributed by atoms with Crippen LogP contribution >= 0.6 is 0 Å². The van der Waals surface area contributed by atoms with Crippen molar-refractivity contribution in [2.75, 3.05) is 5.32 Å². The minimum absolute atomic E-state index is 0.156. The van der Waals surface area contributed by atoms with Crippen LogP contribution in [0.1, 0.15) is 21.7 Å². The Bertz CT molecular complexity index is 830. The van der Waals surface area contributed by atoms with Crippen LogP contribution in [0.3, 0.4) is 0 Å². The molecule has 0 atom stereocenters. The van der Waals surface area contributed by atoms with Gasteiger partial charge in [-0.15, -0.1) is 0 Å². The summed E-state index contributed by atoms with van der Waals surface area (Å²) in [5.41, 5.74) is 3.68. The quantitative estimate of drug-likeness (QED) is 0.785. The molecule has 5 nitrogen and oxygen atoms in total. The molecule has 5 heteroatoms. The molecule has 21 heavy (non-hydrogen) atoms. The van der Waals surface area contributed by atoms with Crippen LogP contribution in [-0.2, 0) is 7.05 Å². The minimum Gasteiger partial charge on any atom is -0.320 e. The van der Waals surface area contributed by atoms with E-state index in [0.29, 0.717) is 11.3 Å². The summed E-state index contributed by atoms with van der Waals surface area (Å²) in [5, 5.41) is 8.21. The molecule has 3 aromatic rings. The summed E-state index contributed by atoms with van der Waals surface area (Å²) in [7, 11) is 1.83. The fourth-order valence-electron chi connectivity index (χ4n) is 2.49. The van der Waals surface area contributed by atoms with Crippen LogP contribution in [0.5, 0.6) is 0 Å². The van der Waals surface area contributed by atoms with Crippen molar-refractivity contribution in [2.24, 2.45) is 7.05 Å². The number of para-hydroxylation sites is 1. The van der Waals surface area contributed by atoms with Crippen molar-refractivity contribution in [3.8, 4) is 0 Å². The summed E-state index contributed by atoms with van der Waals surface area (Å²) in [4.78, 5) is 16.9. The first-order valence-corrected chi connectivity index (χ1v) is 6.73. The van der Waals surface area contributed by atoms with E-state index in [0.717, 1.165) is 22.3 Å². The molecule has 0 unspecified atom stereocenters. The van der Waals surface area contributed by atoms with Gasteiger partial charge >= 0.3 is 0 Å². The summed E-state index contributed by atoms with van der Waals surface area (Å²) >= 11 is 0. The lowest BCUT2D eigenvalue weighted by atomic mass is 10.1. The predicted octanol–water partition coefficient (Wildman–Crippen LogP) is 2.84. The Morgan fingerprint density at radius 1 is 1.19 bits per heavy atom. The third-order valence-corrected chi connectivity index (χ3v) is 3.62. The minimum atomic E-state index is -0.156. The van der Waals surface area contributed by atoms with Gasteiger partial charge in [-0.2, -0.15) is 5.10 Å². The Kier molecular flexibility index (Phi) is 3.17. The fourth-order valence-corrected chi connectivity index (χ4v) is 2.49. The van der Waals surface area contributed by atoms with E-state index >= 15 is 0 Å². The molecule has 2 aromatic heterocycles. The maximum atomic E-state index is 12.5. The molecule has 1 N–H and O–H groups in total. The molecular weight excluding hydrogens is 264 g/mol. The van der Waals surface area contributed by atoms with Crippen LogP contribution in [-0.4, -0.2) is 20.7 Å². The average molecular weight is 280 g/mol. The molecule has 106 valence electrons. The topological polar surface area (TPSA) is 59.8 Å². The van der Waals surface area contributed by atoms with E-state index in [1.54, 1.807) is 10.9 Å². The number of carbonyl (C=O) groups excluding carboxylic acids is 1. The van der Waals surface area contributed by atoms with Crippen molar-refractivity contribution in [1.29, 1.82) is 0 Å². The van der Waals surface area contributed by atoms with Gasteiger partial charge in [-0.05, 0) is 26.0 Å². The molecule has 0 fully saturated rings. The van der Waals surface area contributed by atoms with Crippen molar-refractivity contribution in [3.63, 3.8) is 0 Å². The number of hydrogen-bond acceptors (Lipinski definition) is 3.